The van der Waals surface area contributed by atoms with Crippen molar-refractivity contribution in [3.63, 3.8) is 0 Å². The van der Waals surface area contributed by atoms with Gasteiger partial charge in [0.25, 0.3) is 0 Å². The summed E-state index contributed by atoms with van der Waals surface area (Å²) in [5, 5.41) is 13.3. The second kappa shape index (κ2) is 1.36. The fourth-order valence-electron chi connectivity index (χ4n) is 0.379. The molecule has 0 atom stereocenters. The van der Waals surface area contributed by atoms with Crippen molar-refractivity contribution in [2.24, 2.45) is 7.05 Å². The predicted octanol–water partition coefficient (Wildman–Crippen LogP) is -1.82. The zero-order valence-electron chi connectivity index (χ0n) is 4.21. The van der Waals surface area contributed by atoms with Crippen LogP contribution in [0.2, 0.25) is 0 Å². The van der Waals surface area contributed by atoms with Crippen molar-refractivity contribution in [3.05, 3.63) is 10.5 Å². The first kappa shape index (κ1) is 4.89. The Bertz CT molecular complexity index is 235. The number of nitrogens with one attached hydrogen (secondary N) is 1. The van der Waals surface area contributed by atoms with Crippen molar-refractivity contribution in [2.75, 3.05) is 0 Å². The number of H-pyrrole nitrogens is 1. The lowest BCUT2D eigenvalue weighted by Gasteiger charge is -1.88. The Morgan fingerprint density at radius 3 is 2.62 bits per heavy atom. The van der Waals surface area contributed by atoms with Crippen LogP contribution in [-0.2, 0) is 7.05 Å². The van der Waals surface area contributed by atoms with Crippen molar-refractivity contribution in [1.82, 2.24) is 14.8 Å². The topological polar surface area (TPSA) is 73.7 Å². The minimum Gasteiger partial charge on any atom is -0.845 e. The molecule has 5 heteroatoms. The molecule has 0 spiro atoms. The second-order valence-electron chi connectivity index (χ2n) is 1.36. The highest BCUT2D eigenvalue weighted by Crippen LogP contribution is 1.78. The van der Waals surface area contributed by atoms with Crippen LogP contribution in [0.3, 0.4) is 0 Å². The third-order valence-corrected chi connectivity index (χ3v) is 0.749. The number of rotatable bonds is 0. The summed E-state index contributed by atoms with van der Waals surface area (Å²) in [5.74, 6) is 0. The highest BCUT2D eigenvalue weighted by molar-refractivity contribution is 4.79. The van der Waals surface area contributed by atoms with Crippen molar-refractivity contribution >= 4 is 0 Å². The van der Waals surface area contributed by atoms with Crippen LogP contribution in [0.1, 0.15) is 0 Å². The van der Waals surface area contributed by atoms with Crippen LogP contribution < -0.4 is 10.8 Å². The van der Waals surface area contributed by atoms with Gasteiger partial charge in [-0.05, 0) is 0 Å². The Labute approximate surface area is 44.6 Å². The van der Waals surface area contributed by atoms with Crippen LogP contribution >= 0.6 is 0 Å². The van der Waals surface area contributed by atoms with Gasteiger partial charge in [-0.25, -0.2) is 9.48 Å². The Morgan fingerprint density at radius 2 is 2.50 bits per heavy atom. The normalized spacial score (nSPS) is 9.62. The molecule has 0 aromatic carbocycles. The molecule has 0 saturated carbocycles. The van der Waals surface area contributed by atoms with E-state index in [-0.39, 0.29) is 0 Å². The first-order valence-electron chi connectivity index (χ1n) is 2.00. The van der Waals surface area contributed by atoms with E-state index in [2.05, 4.69) is 5.10 Å². The highest BCUT2D eigenvalue weighted by Gasteiger charge is 1.86. The average molecular weight is 114 g/mol. The van der Waals surface area contributed by atoms with Gasteiger partial charge >= 0.3 is 5.69 Å². The monoisotopic (exact) mass is 114 g/mol. The van der Waals surface area contributed by atoms with E-state index in [0.717, 1.165) is 4.68 Å². The first-order valence-corrected chi connectivity index (χ1v) is 2.00. The van der Waals surface area contributed by atoms with Crippen molar-refractivity contribution in [1.29, 1.82) is 0 Å². The van der Waals surface area contributed by atoms with Crippen LogP contribution in [-0.4, -0.2) is 14.8 Å². The smallest absolute Gasteiger partial charge is 0.342 e. The summed E-state index contributed by atoms with van der Waals surface area (Å²) in [5.41, 5.74) is -0.477. The molecule has 5 nitrogen and oxygen atoms in total. The SMILES string of the molecule is Cn1nc([O-])[nH]c1=O. The van der Waals surface area contributed by atoms with Gasteiger partial charge in [0.15, 0.2) is 0 Å². The molecule has 1 heterocycles. The molecule has 0 saturated heterocycles. The third-order valence-electron chi connectivity index (χ3n) is 0.749. The number of hydrogen-bond acceptors (Lipinski definition) is 3. The second-order valence-corrected chi connectivity index (χ2v) is 1.36. The zero-order valence-corrected chi connectivity index (χ0v) is 4.21. The lowest BCUT2D eigenvalue weighted by atomic mass is 11.2. The summed E-state index contributed by atoms with van der Waals surface area (Å²) in [6.45, 7) is 0. The van der Waals surface area contributed by atoms with E-state index < -0.39 is 11.7 Å². The van der Waals surface area contributed by atoms with Crippen LogP contribution in [0.15, 0.2) is 4.79 Å². The molecule has 0 bridgehead atoms. The maximum Gasteiger partial charge on any atom is 0.342 e. The van der Waals surface area contributed by atoms with E-state index in [1.54, 1.807) is 0 Å². The molecule has 1 rings (SSSR count). The minimum absolute atomic E-state index is 0.477. The molecular weight excluding hydrogens is 110 g/mol. The highest BCUT2D eigenvalue weighted by atomic mass is 16.3. The van der Waals surface area contributed by atoms with E-state index in [0.29, 0.717) is 0 Å². The zero-order chi connectivity index (χ0) is 6.15. The third kappa shape index (κ3) is 0.575. The van der Waals surface area contributed by atoms with Gasteiger partial charge in [0, 0.05) is 7.05 Å². The van der Waals surface area contributed by atoms with Crippen molar-refractivity contribution in [3.8, 4) is 6.01 Å². The van der Waals surface area contributed by atoms with Crippen LogP contribution in [0.25, 0.3) is 0 Å². The Morgan fingerprint density at radius 1 is 1.88 bits per heavy atom. The Kier molecular flexibility index (Phi) is 0.831. The molecule has 0 aliphatic rings. The lowest BCUT2D eigenvalue weighted by Crippen LogP contribution is -2.13. The van der Waals surface area contributed by atoms with Gasteiger partial charge in [-0.2, -0.15) is 5.10 Å². The van der Waals surface area contributed by atoms with Crippen LogP contribution in [0, 0.1) is 0 Å². The summed E-state index contributed by atoms with van der Waals surface area (Å²) >= 11 is 0. The number of nitrogens with zero attached hydrogens (tertiary/aromatic N) is 2. The number of aromatic nitrogens is 3. The van der Waals surface area contributed by atoms with E-state index in [1.165, 1.54) is 7.05 Å². The molecule has 0 aliphatic heterocycles. The quantitative estimate of drug-likeness (QED) is 0.431. The first-order chi connectivity index (χ1) is 3.70. The molecule has 1 N–H and O–H groups in total. The number of aryl methyl sites for hydroxylation is 1. The molecule has 1 aromatic heterocycles. The van der Waals surface area contributed by atoms with Crippen molar-refractivity contribution in [2.45, 2.75) is 0 Å². The van der Waals surface area contributed by atoms with Crippen LogP contribution in [0.4, 0.5) is 0 Å². The molecule has 0 unspecified atom stereocenters. The van der Waals surface area contributed by atoms with E-state index in [1.807, 2.05) is 4.98 Å². The Hall–Kier alpha value is -1.26. The van der Waals surface area contributed by atoms with Gasteiger partial charge in [-0.3, -0.25) is 0 Å². The molecule has 0 amide bonds. The van der Waals surface area contributed by atoms with Gasteiger partial charge in [-0.1, -0.05) is 0 Å². The summed E-state index contributed by atoms with van der Waals surface area (Å²) in [6.07, 6.45) is 0. The molecule has 44 valence electrons. The summed E-state index contributed by atoms with van der Waals surface area (Å²) in [4.78, 5) is 12.2. The summed E-state index contributed by atoms with van der Waals surface area (Å²) in [6, 6.07) is -0.600. The fourth-order valence-corrected chi connectivity index (χ4v) is 0.379. The molecule has 0 fully saturated rings. The van der Waals surface area contributed by atoms with Gasteiger partial charge < -0.3 is 10.1 Å². The lowest BCUT2D eigenvalue weighted by molar-refractivity contribution is -0.281. The number of aromatic amines is 1. The molecule has 0 radical (unpaired) electrons. The van der Waals surface area contributed by atoms with E-state index >= 15 is 0 Å². The number of hydrogen-bond donors (Lipinski definition) is 1. The molecule has 1 aromatic rings. The maximum absolute atomic E-state index is 10.3. The largest absolute Gasteiger partial charge is 0.845 e. The fraction of sp³-hybridized carbons (Fsp3) is 0.333. The average Bonchev–Trinajstić information content (AvgIpc) is 1.85. The van der Waals surface area contributed by atoms with Crippen molar-refractivity contribution < 1.29 is 5.11 Å². The molecule has 8 heavy (non-hydrogen) atoms. The minimum atomic E-state index is -0.600. The van der Waals surface area contributed by atoms with E-state index in [4.69, 9.17) is 0 Å². The Balaban J connectivity index is 3.35. The molecule has 0 aliphatic carbocycles. The van der Waals surface area contributed by atoms with Gasteiger partial charge in [0.2, 0.25) is 0 Å². The van der Waals surface area contributed by atoms with Gasteiger partial charge in [0.05, 0.1) is 6.01 Å². The van der Waals surface area contributed by atoms with Gasteiger partial charge in [-0.15, -0.1) is 0 Å². The summed E-state index contributed by atoms with van der Waals surface area (Å²) < 4.78 is 0.947. The van der Waals surface area contributed by atoms with E-state index in [9.17, 15) is 9.90 Å². The summed E-state index contributed by atoms with van der Waals surface area (Å²) in [7, 11) is 1.40. The standard InChI is InChI=1S/C3H5N3O2/c1-6-3(8)4-2(7)5-6/h1H3,(H2,4,5,7,8)/p-1. The van der Waals surface area contributed by atoms with Crippen LogP contribution in [0.5, 0.6) is 6.01 Å². The maximum atomic E-state index is 10.3. The van der Waals surface area contributed by atoms with Gasteiger partial charge in [0.1, 0.15) is 0 Å². The molecular formula is C3H4N3O2-. The predicted molar refractivity (Wildman–Crippen MR) is 23.3 cm³/mol.